The molecule has 1 atom stereocenters. The summed E-state index contributed by atoms with van der Waals surface area (Å²) in [6.45, 7) is 1.98. The molecule has 1 unspecified atom stereocenters. The summed E-state index contributed by atoms with van der Waals surface area (Å²) >= 11 is 3.42. The zero-order valence-electron chi connectivity index (χ0n) is 16.3. The van der Waals surface area contributed by atoms with Gasteiger partial charge in [0.15, 0.2) is 5.78 Å². The van der Waals surface area contributed by atoms with Crippen LogP contribution in [0.5, 0.6) is 5.75 Å². The molecule has 0 saturated heterocycles. The Balaban J connectivity index is 1.86. The van der Waals surface area contributed by atoms with Crippen molar-refractivity contribution in [3.8, 4) is 5.75 Å². The summed E-state index contributed by atoms with van der Waals surface area (Å²) < 4.78 is 6.33. The molecule has 3 aromatic rings. The number of carbonyl (C=O) groups is 2. The molecule has 0 bridgehead atoms. The van der Waals surface area contributed by atoms with E-state index in [0.717, 1.165) is 10.0 Å². The number of rotatable bonds is 7. The number of nitrogens with one attached hydrogen (secondary N) is 1. The second kappa shape index (κ2) is 9.52. The van der Waals surface area contributed by atoms with E-state index in [2.05, 4.69) is 21.2 Å². The smallest absolute Gasteiger partial charge is 0.231 e. The van der Waals surface area contributed by atoms with Gasteiger partial charge in [-0.25, -0.2) is 0 Å². The van der Waals surface area contributed by atoms with E-state index in [1.54, 1.807) is 30.3 Å². The highest BCUT2D eigenvalue weighted by atomic mass is 79.9. The van der Waals surface area contributed by atoms with Gasteiger partial charge in [0.2, 0.25) is 5.91 Å². The van der Waals surface area contributed by atoms with Gasteiger partial charge < -0.3 is 10.1 Å². The van der Waals surface area contributed by atoms with E-state index in [1.165, 1.54) is 7.11 Å². The van der Waals surface area contributed by atoms with Gasteiger partial charge in [-0.2, -0.15) is 0 Å². The van der Waals surface area contributed by atoms with Crippen molar-refractivity contribution in [3.63, 3.8) is 0 Å². The van der Waals surface area contributed by atoms with Crippen molar-refractivity contribution in [2.45, 2.75) is 19.3 Å². The largest absolute Gasteiger partial charge is 0.496 e. The zero-order valence-corrected chi connectivity index (χ0v) is 17.9. The van der Waals surface area contributed by atoms with Gasteiger partial charge in [-0.3, -0.25) is 9.59 Å². The van der Waals surface area contributed by atoms with Gasteiger partial charge in [0, 0.05) is 15.7 Å². The van der Waals surface area contributed by atoms with Crippen molar-refractivity contribution < 1.29 is 14.3 Å². The summed E-state index contributed by atoms with van der Waals surface area (Å²) in [5.74, 6) is -0.0770. The first-order valence-electron chi connectivity index (χ1n) is 9.37. The maximum atomic E-state index is 12.9. The zero-order chi connectivity index (χ0) is 20.8. The minimum absolute atomic E-state index is 0.113. The molecular formula is C24H22BrNO3. The van der Waals surface area contributed by atoms with Crippen LogP contribution in [0.25, 0.3) is 0 Å². The second-order valence-electron chi connectivity index (χ2n) is 6.61. The molecule has 29 heavy (non-hydrogen) atoms. The Morgan fingerprint density at radius 2 is 1.69 bits per heavy atom. The van der Waals surface area contributed by atoms with E-state index < -0.39 is 0 Å². The first-order valence-corrected chi connectivity index (χ1v) is 10.2. The molecule has 0 aliphatic carbocycles. The number of ether oxygens (including phenoxy) is 1. The Kier molecular flexibility index (Phi) is 6.83. The van der Waals surface area contributed by atoms with E-state index in [-0.39, 0.29) is 17.6 Å². The van der Waals surface area contributed by atoms with Crippen molar-refractivity contribution in [2.24, 2.45) is 0 Å². The topological polar surface area (TPSA) is 55.4 Å². The highest BCUT2D eigenvalue weighted by molar-refractivity contribution is 9.10. The van der Waals surface area contributed by atoms with E-state index in [4.69, 9.17) is 4.74 Å². The third-order valence-corrected chi connectivity index (χ3v) is 5.27. The number of halogens is 1. The van der Waals surface area contributed by atoms with Crippen LogP contribution in [0, 0.1) is 0 Å². The number of hydrogen-bond donors (Lipinski definition) is 1. The molecule has 0 aliphatic heterocycles. The average Bonchev–Trinajstić information content (AvgIpc) is 2.75. The molecule has 0 fully saturated rings. The summed E-state index contributed by atoms with van der Waals surface area (Å²) in [7, 11) is 1.52. The Bertz CT molecular complexity index is 1000. The Labute approximate surface area is 179 Å². The van der Waals surface area contributed by atoms with Gasteiger partial charge in [-0.05, 0) is 42.3 Å². The van der Waals surface area contributed by atoms with Crippen LogP contribution >= 0.6 is 15.9 Å². The Morgan fingerprint density at radius 3 is 2.31 bits per heavy atom. The van der Waals surface area contributed by atoms with Crippen LogP contribution < -0.4 is 10.1 Å². The third-order valence-electron chi connectivity index (χ3n) is 4.74. The Morgan fingerprint density at radius 1 is 1.00 bits per heavy atom. The van der Waals surface area contributed by atoms with Crippen LogP contribution in [0.1, 0.15) is 40.7 Å². The molecule has 4 nitrogen and oxygen atoms in total. The van der Waals surface area contributed by atoms with E-state index in [9.17, 15) is 9.59 Å². The molecule has 0 saturated carbocycles. The SMILES string of the molecule is CCC(C(=O)Nc1ccc(OC)c(C(=O)c2ccccc2)c1)c1ccc(Br)cc1. The first-order chi connectivity index (χ1) is 14.0. The van der Waals surface area contributed by atoms with Gasteiger partial charge in [-0.15, -0.1) is 0 Å². The van der Waals surface area contributed by atoms with Gasteiger partial charge >= 0.3 is 0 Å². The molecule has 0 spiro atoms. The molecule has 0 aromatic heterocycles. The number of ketones is 1. The van der Waals surface area contributed by atoms with Crippen molar-refractivity contribution in [1.29, 1.82) is 0 Å². The van der Waals surface area contributed by atoms with Gasteiger partial charge in [0.05, 0.1) is 18.6 Å². The van der Waals surface area contributed by atoms with E-state index >= 15 is 0 Å². The molecule has 1 amide bonds. The molecule has 0 heterocycles. The molecule has 3 aromatic carbocycles. The Hall–Kier alpha value is -2.92. The van der Waals surface area contributed by atoms with Crippen molar-refractivity contribution >= 4 is 33.3 Å². The van der Waals surface area contributed by atoms with Crippen LogP contribution in [0.3, 0.4) is 0 Å². The number of methoxy groups -OCH3 is 1. The van der Waals surface area contributed by atoms with Gasteiger partial charge in [0.1, 0.15) is 5.75 Å². The summed E-state index contributed by atoms with van der Waals surface area (Å²) in [4.78, 5) is 25.8. The molecule has 5 heteroatoms. The van der Waals surface area contributed by atoms with Gasteiger partial charge in [0.25, 0.3) is 0 Å². The average molecular weight is 452 g/mol. The van der Waals surface area contributed by atoms with Crippen molar-refractivity contribution in [1.82, 2.24) is 0 Å². The van der Waals surface area contributed by atoms with Crippen molar-refractivity contribution in [2.75, 3.05) is 12.4 Å². The van der Waals surface area contributed by atoms with Crippen LogP contribution in [0.4, 0.5) is 5.69 Å². The molecular weight excluding hydrogens is 430 g/mol. The number of hydrogen-bond acceptors (Lipinski definition) is 3. The summed E-state index contributed by atoms with van der Waals surface area (Å²) in [5, 5.41) is 2.95. The predicted octanol–water partition coefficient (Wildman–Crippen LogP) is 5.82. The quantitative estimate of drug-likeness (QED) is 0.460. The summed E-state index contributed by atoms with van der Waals surface area (Å²) in [6.07, 6.45) is 0.666. The third kappa shape index (κ3) is 4.93. The van der Waals surface area contributed by atoms with Crippen LogP contribution in [-0.2, 0) is 4.79 Å². The van der Waals surface area contributed by atoms with Gasteiger partial charge in [-0.1, -0.05) is 65.3 Å². The van der Waals surface area contributed by atoms with E-state index in [0.29, 0.717) is 29.0 Å². The normalized spacial score (nSPS) is 11.6. The maximum absolute atomic E-state index is 12.9. The molecule has 3 rings (SSSR count). The maximum Gasteiger partial charge on any atom is 0.231 e. The number of anilines is 1. The molecule has 0 aliphatic rings. The second-order valence-corrected chi connectivity index (χ2v) is 7.53. The first kappa shape index (κ1) is 20.8. The lowest BCUT2D eigenvalue weighted by Gasteiger charge is -2.17. The predicted molar refractivity (Wildman–Crippen MR) is 119 cm³/mol. The van der Waals surface area contributed by atoms with Crippen LogP contribution in [0.15, 0.2) is 77.3 Å². The molecule has 148 valence electrons. The summed E-state index contributed by atoms with van der Waals surface area (Å²) in [5.41, 5.74) is 2.48. The fourth-order valence-corrected chi connectivity index (χ4v) is 3.47. The number of benzene rings is 3. The van der Waals surface area contributed by atoms with Crippen molar-refractivity contribution in [3.05, 3.63) is 94.0 Å². The molecule has 0 radical (unpaired) electrons. The fraction of sp³-hybridized carbons (Fsp3) is 0.167. The minimum Gasteiger partial charge on any atom is -0.496 e. The standard InChI is InChI=1S/C24H22BrNO3/c1-3-20(16-9-11-18(25)12-10-16)24(28)26-19-13-14-22(29-2)21(15-19)23(27)17-7-5-4-6-8-17/h4-15,20H,3H2,1-2H3,(H,26,28). The lowest BCUT2D eigenvalue weighted by molar-refractivity contribution is -0.117. The monoisotopic (exact) mass is 451 g/mol. The van der Waals surface area contributed by atoms with Crippen LogP contribution in [0.2, 0.25) is 0 Å². The highest BCUT2D eigenvalue weighted by Crippen LogP contribution is 2.28. The van der Waals surface area contributed by atoms with E-state index in [1.807, 2.05) is 49.4 Å². The van der Waals surface area contributed by atoms with Crippen LogP contribution in [-0.4, -0.2) is 18.8 Å². The number of carbonyl (C=O) groups excluding carboxylic acids is 2. The lowest BCUT2D eigenvalue weighted by Crippen LogP contribution is -2.21. The summed E-state index contributed by atoms with van der Waals surface area (Å²) in [6, 6.07) is 21.8. The fourth-order valence-electron chi connectivity index (χ4n) is 3.21. The minimum atomic E-state index is -0.279. The highest BCUT2D eigenvalue weighted by Gasteiger charge is 2.20. The lowest BCUT2D eigenvalue weighted by atomic mass is 9.95. The number of amides is 1. The molecule has 1 N–H and O–H groups in total.